The average Bonchev–Trinajstić information content (AvgIpc) is 3.29. The summed E-state index contributed by atoms with van der Waals surface area (Å²) in [5, 5.41) is 7.29. The van der Waals surface area contributed by atoms with Crippen LogP contribution in [-0.2, 0) is 10.0 Å². The van der Waals surface area contributed by atoms with Crippen LogP contribution in [0.3, 0.4) is 0 Å². The van der Waals surface area contributed by atoms with E-state index in [-0.39, 0.29) is 10.5 Å². The fourth-order valence-electron chi connectivity index (χ4n) is 3.63. The second kappa shape index (κ2) is 8.78. The van der Waals surface area contributed by atoms with Crippen molar-refractivity contribution >= 4 is 33.2 Å². The molecule has 0 spiro atoms. The molecule has 1 aromatic heterocycles. The maximum atomic E-state index is 13.2. The van der Waals surface area contributed by atoms with E-state index in [1.165, 1.54) is 27.7 Å². The smallest absolute Gasteiger partial charge is 0.255 e. The van der Waals surface area contributed by atoms with Crippen molar-refractivity contribution in [2.75, 3.05) is 18.4 Å². The number of amides is 1. The fraction of sp³-hybridized carbons (Fsp3) is 0.286. The molecule has 0 aliphatic carbocycles. The monoisotopic (exact) mass is 459 g/mol. The van der Waals surface area contributed by atoms with E-state index in [0.717, 1.165) is 19.3 Å². The van der Waals surface area contributed by atoms with Gasteiger partial charge < -0.3 is 5.32 Å². The highest BCUT2D eigenvalue weighted by molar-refractivity contribution is 7.89. The van der Waals surface area contributed by atoms with Gasteiger partial charge in [0.05, 0.1) is 15.6 Å². The van der Waals surface area contributed by atoms with Crippen LogP contribution in [0.25, 0.3) is 5.69 Å². The minimum atomic E-state index is -3.66. The number of halogens is 1. The Morgan fingerprint density at radius 2 is 1.90 bits per heavy atom. The number of carbonyl (C=O) groups excluding carboxylic acids is 1. The lowest BCUT2D eigenvalue weighted by atomic mass is 10.1. The number of sulfonamides is 1. The highest BCUT2D eigenvalue weighted by Crippen LogP contribution is 2.29. The summed E-state index contributed by atoms with van der Waals surface area (Å²) in [6, 6.07) is 9.79. The molecule has 31 heavy (non-hydrogen) atoms. The van der Waals surface area contributed by atoms with Crippen LogP contribution < -0.4 is 5.32 Å². The molecule has 162 valence electrons. The van der Waals surface area contributed by atoms with Gasteiger partial charge >= 0.3 is 0 Å². The SMILES string of the molecule is Cc1ccc(C(=O)Nc2cccc(Cl)c2-n2cncn2)cc1S(=O)(=O)N1CCCCC1. The number of nitrogens with one attached hydrogen (secondary N) is 1. The van der Waals surface area contributed by atoms with Crippen molar-refractivity contribution in [3.63, 3.8) is 0 Å². The van der Waals surface area contributed by atoms with E-state index < -0.39 is 15.9 Å². The van der Waals surface area contributed by atoms with Crippen LogP contribution in [0.15, 0.2) is 53.9 Å². The zero-order chi connectivity index (χ0) is 22.0. The normalized spacial score (nSPS) is 15.0. The molecule has 1 fully saturated rings. The van der Waals surface area contributed by atoms with Crippen LogP contribution in [0.1, 0.15) is 35.2 Å². The lowest BCUT2D eigenvalue weighted by molar-refractivity contribution is 0.102. The molecule has 2 heterocycles. The van der Waals surface area contributed by atoms with Crippen molar-refractivity contribution in [2.45, 2.75) is 31.1 Å². The molecule has 4 rings (SSSR count). The van der Waals surface area contributed by atoms with Gasteiger partial charge in [0.1, 0.15) is 18.3 Å². The largest absolute Gasteiger partial charge is 0.320 e. The van der Waals surface area contributed by atoms with Crippen LogP contribution in [0.2, 0.25) is 5.02 Å². The van der Waals surface area contributed by atoms with Gasteiger partial charge in [0.25, 0.3) is 5.91 Å². The molecule has 3 aromatic rings. The van der Waals surface area contributed by atoms with Crippen molar-refractivity contribution in [3.8, 4) is 5.69 Å². The number of benzene rings is 2. The first kappa shape index (κ1) is 21.5. The number of hydrogen-bond donors (Lipinski definition) is 1. The Morgan fingerprint density at radius 1 is 1.13 bits per heavy atom. The molecule has 0 atom stereocenters. The summed E-state index contributed by atoms with van der Waals surface area (Å²) in [4.78, 5) is 17.1. The third kappa shape index (κ3) is 4.34. The van der Waals surface area contributed by atoms with Crippen molar-refractivity contribution < 1.29 is 13.2 Å². The Kier molecular flexibility index (Phi) is 6.08. The van der Waals surface area contributed by atoms with Gasteiger partial charge in [-0.05, 0) is 49.6 Å². The van der Waals surface area contributed by atoms with Gasteiger partial charge in [-0.25, -0.2) is 18.1 Å². The number of anilines is 1. The van der Waals surface area contributed by atoms with Crippen molar-refractivity contribution in [2.24, 2.45) is 0 Å². The molecular formula is C21H22ClN5O3S. The van der Waals surface area contributed by atoms with Crippen LogP contribution in [0.4, 0.5) is 5.69 Å². The van der Waals surface area contributed by atoms with Gasteiger partial charge in [-0.15, -0.1) is 0 Å². The zero-order valence-corrected chi connectivity index (χ0v) is 18.5. The van der Waals surface area contributed by atoms with Crippen molar-refractivity contribution in [1.29, 1.82) is 0 Å². The molecule has 1 aliphatic heterocycles. The number of aryl methyl sites for hydroxylation is 1. The highest BCUT2D eigenvalue weighted by Gasteiger charge is 2.28. The maximum absolute atomic E-state index is 13.2. The van der Waals surface area contributed by atoms with Gasteiger partial charge in [0.2, 0.25) is 10.0 Å². The number of nitrogens with zero attached hydrogens (tertiary/aromatic N) is 4. The van der Waals surface area contributed by atoms with Gasteiger partial charge in [-0.2, -0.15) is 9.40 Å². The zero-order valence-electron chi connectivity index (χ0n) is 17.0. The number of rotatable bonds is 5. The first-order valence-corrected chi connectivity index (χ1v) is 11.8. The first-order valence-electron chi connectivity index (χ1n) is 9.93. The summed E-state index contributed by atoms with van der Waals surface area (Å²) in [5.41, 5.74) is 1.76. The number of piperidine rings is 1. The molecule has 10 heteroatoms. The molecule has 1 amide bonds. The highest BCUT2D eigenvalue weighted by atomic mass is 35.5. The van der Waals surface area contributed by atoms with Gasteiger partial charge in [0.15, 0.2) is 0 Å². The Hall–Kier alpha value is -2.75. The third-order valence-electron chi connectivity index (χ3n) is 5.27. The molecule has 0 unspecified atom stereocenters. The number of aromatic nitrogens is 3. The van der Waals surface area contributed by atoms with E-state index in [1.54, 1.807) is 37.3 Å². The van der Waals surface area contributed by atoms with E-state index in [1.807, 2.05) is 0 Å². The Morgan fingerprint density at radius 3 is 2.61 bits per heavy atom. The summed E-state index contributed by atoms with van der Waals surface area (Å²) >= 11 is 6.32. The third-order valence-corrected chi connectivity index (χ3v) is 7.61. The van der Waals surface area contributed by atoms with E-state index in [9.17, 15) is 13.2 Å². The quantitative estimate of drug-likeness (QED) is 0.628. The molecule has 1 N–H and O–H groups in total. The predicted octanol–water partition coefficient (Wildman–Crippen LogP) is 3.66. The minimum Gasteiger partial charge on any atom is -0.320 e. The summed E-state index contributed by atoms with van der Waals surface area (Å²) < 4.78 is 29.3. The van der Waals surface area contributed by atoms with Gasteiger partial charge in [-0.3, -0.25) is 4.79 Å². The van der Waals surface area contributed by atoms with Gasteiger partial charge in [-0.1, -0.05) is 30.2 Å². The number of hydrogen-bond acceptors (Lipinski definition) is 5. The van der Waals surface area contributed by atoms with Crippen molar-refractivity contribution in [1.82, 2.24) is 19.1 Å². The predicted molar refractivity (Wildman–Crippen MR) is 118 cm³/mol. The van der Waals surface area contributed by atoms with Gasteiger partial charge in [0, 0.05) is 18.7 Å². The van der Waals surface area contributed by atoms with Crippen LogP contribution in [0, 0.1) is 6.92 Å². The molecule has 0 bridgehead atoms. The summed E-state index contributed by atoms with van der Waals surface area (Å²) in [5.74, 6) is -0.446. The summed E-state index contributed by atoms with van der Waals surface area (Å²) in [6.07, 6.45) is 5.57. The second-order valence-electron chi connectivity index (χ2n) is 7.38. The second-order valence-corrected chi connectivity index (χ2v) is 9.69. The maximum Gasteiger partial charge on any atom is 0.255 e. The molecule has 8 nitrogen and oxygen atoms in total. The number of carbonyl (C=O) groups is 1. The van der Waals surface area contributed by atoms with E-state index in [2.05, 4.69) is 15.4 Å². The minimum absolute atomic E-state index is 0.157. The van der Waals surface area contributed by atoms with Crippen LogP contribution in [0.5, 0.6) is 0 Å². The Bertz CT molecular complexity index is 1210. The average molecular weight is 460 g/mol. The summed E-state index contributed by atoms with van der Waals surface area (Å²) in [7, 11) is -3.66. The topological polar surface area (TPSA) is 97.2 Å². The molecule has 0 radical (unpaired) electrons. The summed E-state index contributed by atoms with van der Waals surface area (Å²) in [6.45, 7) is 2.74. The first-order chi connectivity index (χ1) is 14.9. The van der Waals surface area contributed by atoms with E-state index >= 15 is 0 Å². The molecule has 2 aromatic carbocycles. The number of para-hydroxylation sites is 1. The molecule has 1 saturated heterocycles. The van der Waals surface area contributed by atoms with Crippen LogP contribution >= 0.6 is 11.6 Å². The Labute approximate surface area is 185 Å². The molecule has 0 saturated carbocycles. The van der Waals surface area contributed by atoms with E-state index in [0.29, 0.717) is 35.1 Å². The van der Waals surface area contributed by atoms with Crippen molar-refractivity contribution in [3.05, 3.63) is 65.2 Å². The Balaban J connectivity index is 1.66. The lowest BCUT2D eigenvalue weighted by Gasteiger charge is -2.26. The van der Waals surface area contributed by atoms with Crippen LogP contribution in [-0.4, -0.2) is 46.5 Å². The lowest BCUT2D eigenvalue weighted by Crippen LogP contribution is -2.36. The molecule has 1 aliphatic rings. The molecular weight excluding hydrogens is 438 g/mol. The standard InChI is InChI=1S/C21H22ClN5O3S/c1-15-8-9-16(12-19(15)31(29,30)26-10-3-2-4-11-26)21(28)25-18-7-5-6-17(22)20(18)27-14-23-13-24-27/h5-9,12-14H,2-4,10-11H2,1H3,(H,25,28). The fourth-order valence-corrected chi connectivity index (χ4v) is 5.66. The van der Waals surface area contributed by atoms with E-state index in [4.69, 9.17) is 11.6 Å².